The number of aliphatic hydroxyl groups excluding tert-OH is 1. The van der Waals surface area contributed by atoms with E-state index in [1.807, 2.05) is 36.4 Å². The molecule has 2 aromatic carbocycles. The Bertz CT molecular complexity index is 1080. The first kappa shape index (κ1) is 17.5. The summed E-state index contributed by atoms with van der Waals surface area (Å²) in [7, 11) is 0. The molecule has 0 saturated carbocycles. The molecule has 0 radical (unpaired) electrons. The number of fused-ring (bicyclic) bond motifs is 1. The molecule has 0 unspecified atom stereocenters. The molecule has 4 rings (SSSR count). The van der Waals surface area contributed by atoms with Gasteiger partial charge in [-0.15, -0.1) is 0 Å². The van der Waals surface area contributed by atoms with Crippen LogP contribution in [0, 0.1) is 0 Å². The Hall–Kier alpha value is -2.89. The molecule has 5 nitrogen and oxygen atoms in total. The number of aromatic nitrogens is 3. The van der Waals surface area contributed by atoms with Crippen LogP contribution in [0.25, 0.3) is 22.2 Å². The van der Waals surface area contributed by atoms with Crippen LogP contribution in [0.15, 0.2) is 67.0 Å². The monoisotopic (exact) mass is 378 g/mol. The Labute approximate surface area is 162 Å². The smallest absolute Gasteiger partial charge is 0.227 e. The molecule has 0 amide bonds. The molecule has 27 heavy (non-hydrogen) atoms. The van der Waals surface area contributed by atoms with Crippen molar-refractivity contribution >= 4 is 34.1 Å². The SMILES string of the molecule is OCCCn1ccc2c(-c3ccnc(Nc4cccc(Cl)c4)n3)cccc21. The number of nitrogens with one attached hydrogen (secondary N) is 1. The number of rotatable bonds is 6. The molecule has 0 bridgehead atoms. The van der Waals surface area contributed by atoms with Crippen molar-refractivity contribution in [2.45, 2.75) is 13.0 Å². The normalized spacial score (nSPS) is 11.0. The highest BCUT2D eigenvalue weighted by Gasteiger charge is 2.10. The van der Waals surface area contributed by atoms with Gasteiger partial charge in [-0.25, -0.2) is 9.97 Å². The Kier molecular flexibility index (Phi) is 5.05. The number of benzene rings is 2. The van der Waals surface area contributed by atoms with Gasteiger partial charge < -0.3 is 15.0 Å². The molecule has 2 heterocycles. The zero-order valence-electron chi connectivity index (χ0n) is 14.6. The standard InChI is InChI=1S/C21H19ClN4O/c22-15-4-1-5-16(14-15)24-21-23-10-8-19(25-21)17-6-2-7-20-18(17)9-12-26(20)11-3-13-27/h1-2,4-10,12,14,27H,3,11,13H2,(H,23,24,25). The first-order chi connectivity index (χ1) is 13.2. The molecule has 4 aromatic rings. The molecule has 0 aliphatic carbocycles. The van der Waals surface area contributed by atoms with E-state index in [1.165, 1.54) is 0 Å². The van der Waals surface area contributed by atoms with Crippen LogP contribution in [0.2, 0.25) is 5.02 Å². The third kappa shape index (κ3) is 3.79. The van der Waals surface area contributed by atoms with Crippen LogP contribution in [-0.2, 0) is 6.54 Å². The minimum absolute atomic E-state index is 0.184. The maximum absolute atomic E-state index is 9.09. The van der Waals surface area contributed by atoms with E-state index in [4.69, 9.17) is 16.7 Å². The zero-order valence-corrected chi connectivity index (χ0v) is 15.4. The largest absolute Gasteiger partial charge is 0.396 e. The Morgan fingerprint density at radius 3 is 2.81 bits per heavy atom. The maximum Gasteiger partial charge on any atom is 0.227 e. The van der Waals surface area contributed by atoms with E-state index in [0.29, 0.717) is 11.0 Å². The third-order valence-electron chi connectivity index (χ3n) is 4.38. The van der Waals surface area contributed by atoms with Crippen LogP contribution < -0.4 is 5.32 Å². The second-order valence-corrected chi connectivity index (χ2v) is 6.66. The molecule has 0 aliphatic rings. The highest BCUT2D eigenvalue weighted by Crippen LogP contribution is 2.29. The van der Waals surface area contributed by atoms with E-state index in [1.54, 1.807) is 6.20 Å². The van der Waals surface area contributed by atoms with Gasteiger partial charge in [-0.2, -0.15) is 0 Å². The molecule has 136 valence electrons. The van der Waals surface area contributed by atoms with E-state index in [9.17, 15) is 0 Å². The van der Waals surface area contributed by atoms with E-state index in [2.05, 4.69) is 44.2 Å². The molecule has 0 atom stereocenters. The summed E-state index contributed by atoms with van der Waals surface area (Å²) in [5.41, 5.74) is 3.86. The van der Waals surface area contributed by atoms with Gasteiger partial charge >= 0.3 is 0 Å². The van der Waals surface area contributed by atoms with Gasteiger partial charge in [-0.3, -0.25) is 0 Å². The summed E-state index contributed by atoms with van der Waals surface area (Å²) in [5.74, 6) is 0.520. The molecule has 2 N–H and O–H groups in total. The topological polar surface area (TPSA) is 63.0 Å². The maximum atomic E-state index is 9.09. The van der Waals surface area contributed by atoms with Gasteiger partial charge in [-0.1, -0.05) is 29.8 Å². The van der Waals surface area contributed by atoms with Gasteiger partial charge in [-0.05, 0) is 42.8 Å². The van der Waals surface area contributed by atoms with Gasteiger partial charge in [0.15, 0.2) is 0 Å². The summed E-state index contributed by atoms with van der Waals surface area (Å²) < 4.78 is 2.15. The number of hydrogen-bond acceptors (Lipinski definition) is 4. The van der Waals surface area contributed by atoms with Gasteiger partial charge in [0.2, 0.25) is 5.95 Å². The van der Waals surface area contributed by atoms with Gasteiger partial charge in [0.25, 0.3) is 0 Å². The molecule has 2 aromatic heterocycles. The lowest BCUT2D eigenvalue weighted by molar-refractivity contribution is 0.280. The van der Waals surface area contributed by atoms with Crippen LogP contribution in [0.4, 0.5) is 11.6 Å². The first-order valence-corrected chi connectivity index (χ1v) is 9.17. The van der Waals surface area contributed by atoms with E-state index in [0.717, 1.165) is 40.8 Å². The zero-order chi connectivity index (χ0) is 18.6. The summed E-state index contributed by atoms with van der Waals surface area (Å²) in [6.45, 7) is 0.971. The Morgan fingerprint density at radius 2 is 1.96 bits per heavy atom. The summed E-state index contributed by atoms with van der Waals surface area (Å²) in [5, 5.41) is 14.1. The quantitative estimate of drug-likeness (QED) is 0.502. The van der Waals surface area contributed by atoms with Crippen molar-refractivity contribution in [3.63, 3.8) is 0 Å². The summed E-state index contributed by atoms with van der Waals surface area (Å²) >= 11 is 6.04. The molecule has 0 spiro atoms. The van der Waals surface area contributed by atoms with Crippen molar-refractivity contribution < 1.29 is 5.11 Å². The molecule has 0 aliphatic heterocycles. The first-order valence-electron chi connectivity index (χ1n) is 8.79. The molecule has 0 fully saturated rings. The lowest BCUT2D eigenvalue weighted by atomic mass is 10.1. The molecule has 6 heteroatoms. The van der Waals surface area contributed by atoms with Crippen LogP contribution in [0.1, 0.15) is 6.42 Å². The number of nitrogens with zero attached hydrogens (tertiary/aromatic N) is 3. The predicted octanol–water partition coefficient (Wildman–Crippen LogP) is 4.88. The summed E-state index contributed by atoms with van der Waals surface area (Å²) in [6, 6.07) is 17.6. The number of aryl methyl sites for hydroxylation is 1. The number of aliphatic hydroxyl groups is 1. The van der Waals surface area contributed by atoms with Crippen molar-refractivity contribution in [1.82, 2.24) is 14.5 Å². The van der Waals surface area contributed by atoms with Crippen molar-refractivity contribution in [3.05, 3.63) is 72.0 Å². The third-order valence-corrected chi connectivity index (χ3v) is 4.62. The van der Waals surface area contributed by atoms with Crippen molar-refractivity contribution in [2.75, 3.05) is 11.9 Å². The molecular formula is C21H19ClN4O. The Balaban J connectivity index is 1.68. The van der Waals surface area contributed by atoms with E-state index < -0.39 is 0 Å². The van der Waals surface area contributed by atoms with E-state index >= 15 is 0 Å². The van der Waals surface area contributed by atoms with Crippen molar-refractivity contribution in [3.8, 4) is 11.3 Å². The lowest BCUT2D eigenvalue weighted by Gasteiger charge is -2.09. The fourth-order valence-corrected chi connectivity index (χ4v) is 3.34. The highest BCUT2D eigenvalue weighted by atomic mass is 35.5. The van der Waals surface area contributed by atoms with Crippen LogP contribution >= 0.6 is 11.6 Å². The average Bonchev–Trinajstić information content (AvgIpc) is 3.10. The van der Waals surface area contributed by atoms with Crippen molar-refractivity contribution in [2.24, 2.45) is 0 Å². The molecular weight excluding hydrogens is 360 g/mol. The van der Waals surface area contributed by atoms with Crippen molar-refractivity contribution in [1.29, 1.82) is 0 Å². The Morgan fingerprint density at radius 1 is 1.07 bits per heavy atom. The second-order valence-electron chi connectivity index (χ2n) is 6.23. The van der Waals surface area contributed by atoms with Gasteiger partial charge in [0, 0.05) is 52.7 Å². The average molecular weight is 379 g/mol. The minimum atomic E-state index is 0.184. The fourth-order valence-electron chi connectivity index (χ4n) is 3.15. The number of anilines is 2. The summed E-state index contributed by atoms with van der Waals surface area (Å²) in [6.07, 6.45) is 4.53. The van der Waals surface area contributed by atoms with E-state index in [-0.39, 0.29) is 6.61 Å². The number of hydrogen-bond donors (Lipinski definition) is 2. The van der Waals surface area contributed by atoms with Crippen LogP contribution in [0.3, 0.4) is 0 Å². The van der Waals surface area contributed by atoms with Crippen LogP contribution in [0.5, 0.6) is 0 Å². The number of halogens is 1. The van der Waals surface area contributed by atoms with Gasteiger partial charge in [0.1, 0.15) is 0 Å². The predicted molar refractivity (Wildman–Crippen MR) is 109 cm³/mol. The fraction of sp³-hybridized carbons (Fsp3) is 0.143. The molecule has 0 saturated heterocycles. The summed E-state index contributed by atoms with van der Waals surface area (Å²) in [4.78, 5) is 8.99. The van der Waals surface area contributed by atoms with Gasteiger partial charge in [0.05, 0.1) is 5.69 Å². The highest BCUT2D eigenvalue weighted by molar-refractivity contribution is 6.30. The second kappa shape index (κ2) is 7.78. The lowest BCUT2D eigenvalue weighted by Crippen LogP contribution is -1.99. The van der Waals surface area contributed by atoms with Crippen LogP contribution in [-0.4, -0.2) is 26.2 Å². The minimum Gasteiger partial charge on any atom is -0.396 e.